The molecule has 0 N–H and O–H groups in total. The standard InChI is InChI=1S/C20H13ClN4O/c1-12(26)19-23-25(15-10-8-14(21)9-11-15)20-22-16-6-2-4-13-5-3-7-17(18(13)16)24(19)20/h2-11H,1H3. The molecule has 3 aromatic carbocycles. The van der Waals surface area contributed by atoms with Crippen molar-refractivity contribution < 1.29 is 4.79 Å². The molecule has 0 aliphatic carbocycles. The van der Waals surface area contributed by atoms with Crippen molar-refractivity contribution in [3.63, 3.8) is 0 Å². The molecular formula is C20H13ClN4O. The van der Waals surface area contributed by atoms with E-state index < -0.39 is 0 Å². The van der Waals surface area contributed by atoms with Crippen LogP contribution in [0.2, 0.25) is 5.02 Å². The Bertz CT molecular complexity index is 1130. The molecule has 26 heavy (non-hydrogen) atoms. The van der Waals surface area contributed by atoms with Crippen molar-refractivity contribution in [1.82, 2.24) is 0 Å². The van der Waals surface area contributed by atoms with Crippen molar-refractivity contribution in [2.45, 2.75) is 6.92 Å². The Morgan fingerprint density at radius 2 is 1.73 bits per heavy atom. The maximum absolute atomic E-state index is 12.3. The summed E-state index contributed by atoms with van der Waals surface area (Å²) in [4.78, 5) is 18.9. The topological polar surface area (TPSA) is 48.3 Å². The van der Waals surface area contributed by atoms with Gasteiger partial charge in [-0.05, 0) is 41.8 Å². The molecule has 0 unspecified atom stereocenters. The Morgan fingerprint density at radius 1 is 1.00 bits per heavy atom. The van der Waals surface area contributed by atoms with Gasteiger partial charge in [0.15, 0.2) is 5.78 Å². The van der Waals surface area contributed by atoms with Crippen molar-refractivity contribution in [2.75, 3.05) is 9.91 Å². The largest absolute Gasteiger partial charge is 0.291 e. The summed E-state index contributed by atoms with van der Waals surface area (Å²) in [6.07, 6.45) is 0. The molecule has 0 spiro atoms. The van der Waals surface area contributed by atoms with E-state index >= 15 is 0 Å². The minimum atomic E-state index is -0.120. The van der Waals surface area contributed by atoms with Gasteiger partial charge in [-0.3, -0.25) is 9.69 Å². The van der Waals surface area contributed by atoms with Crippen molar-refractivity contribution in [2.24, 2.45) is 10.1 Å². The van der Waals surface area contributed by atoms with Gasteiger partial charge in [-0.2, -0.15) is 5.01 Å². The number of anilines is 2. The second kappa shape index (κ2) is 5.41. The van der Waals surface area contributed by atoms with E-state index in [1.807, 2.05) is 53.4 Å². The monoisotopic (exact) mass is 360 g/mol. The molecule has 2 aliphatic rings. The van der Waals surface area contributed by atoms with Crippen LogP contribution in [-0.4, -0.2) is 17.6 Å². The first-order valence-electron chi connectivity index (χ1n) is 8.19. The van der Waals surface area contributed by atoms with Crippen LogP contribution in [0.5, 0.6) is 0 Å². The third-order valence-electron chi connectivity index (χ3n) is 4.50. The van der Waals surface area contributed by atoms with Gasteiger partial charge in [-0.25, -0.2) is 4.99 Å². The Labute approximate surface area is 154 Å². The van der Waals surface area contributed by atoms with Crippen LogP contribution in [0.4, 0.5) is 17.1 Å². The predicted octanol–water partition coefficient (Wildman–Crippen LogP) is 4.72. The summed E-state index contributed by atoms with van der Waals surface area (Å²) in [7, 11) is 0. The highest BCUT2D eigenvalue weighted by Crippen LogP contribution is 2.41. The molecule has 0 saturated heterocycles. The number of aliphatic imine (C=N–C) groups is 1. The van der Waals surface area contributed by atoms with Gasteiger partial charge in [-0.15, -0.1) is 5.10 Å². The number of hydrogen-bond acceptors (Lipinski definition) is 5. The number of carbonyl (C=O) groups is 1. The van der Waals surface area contributed by atoms with Gasteiger partial charge < -0.3 is 0 Å². The van der Waals surface area contributed by atoms with Gasteiger partial charge in [0.1, 0.15) is 0 Å². The number of amidine groups is 1. The highest BCUT2D eigenvalue weighted by atomic mass is 35.5. The zero-order chi connectivity index (χ0) is 17.8. The fraction of sp³-hybridized carbons (Fsp3) is 0.0500. The van der Waals surface area contributed by atoms with Crippen LogP contribution in [-0.2, 0) is 4.79 Å². The Hall–Kier alpha value is -3.18. The average molecular weight is 361 g/mol. The maximum Gasteiger partial charge on any atom is 0.238 e. The summed E-state index contributed by atoms with van der Waals surface area (Å²) < 4.78 is 0. The van der Waals surface area contributed by atoms with Gasteiger partial charge >= 0.3 is 0 Å². The smallest absolute Gasteiger partial charge is 0.238 e. The molecule has 6 heteroatoms. The first-order valence-corrected chi connectivity index (χ1v) is 8.57. The molecule has 126 valence electrons. The van der Waals surface area contributed by atoms with Crippen LogP contribution >= 0.6 is 11.6 Å². The van der Waals surface area contributed by atoms with E-state index in [0.29, 0.717) is 16.8 Å². The number of Topliss-reactive ketones (excluding diaryl/α,β-unsaturated/α-hetero) is 1. The molecule has 0 amide bonds. The van der Waals surface area contributed by atoms with Crippen LogP contribution in [0.1, 0.15) is 6.92 Å². The van der Waals surface area contributed by atoms with E-state index in [1.165, 1.54) is 6.92 Å². The van der Waals surface area contributed by atoms with Crippen LogP contribution in [0.3, 0.4) is 0 Å². The van der Waals surface area contributed by atoms with Crippen molar-refractivity contribution in [3.05, 3.63) is 65.7 Å². The maximum atomic E-state index is 12.3. The number of halogens is 1. The summed E-state index contributed by atoms with van der Waals surface area (Å²) in [5.74, 6) is 0.815. The first-order chi connectivity index (χ1) is 12.6. The average Bonchev–Trinajstić information content (AvgIpc) is 3.03. The Morgan fingerprint density at radius 3 is 2.46 bits per heavy atom. The van der Waals surface area contributed by atoms with Crippen LogP contribution in [0.15, 0.2) is 70.8 Å². The second-order valence-corrected chi connectivity index (χ2v) is 6.60. The van der Waals surface area contributed by atoms with Gasteiger partial charge in [0, 0.05) is 17.3 Å². The van der Waals surface area contributed by atoms with Crippen LogP contribution < -0.4 is 9.91 Å². The third kappa shape index (κ3) is 2.07. The minimum Gasteiger partial charge on any atom is -0.291 e. The summed E-state index contributed by atoms with van der Waals surface area (Å²) in [5, 5.41) is 8.98. The summed E-state index contributed by atoms with van der Waals surface area (Å²) in [6.45, 7) is 1.52. The van der Waals surface area contributed by atoms with Crippen molar-refractivity contribution in [3.8, 4) is 0 Å². The number of guanidine groups is 1. The number of ketones is 1. The van der Waals surface area contributed by atoms with Crippen molar-refractivity contribution in [1.29, 1.82) is 0 Å². The molecule has 2 heterocycles. The lowest BCUT2D eigenvalue weighted by Crippen LogP contribution is -2.41. The van der Waals surface area contributed by atoms with Gasteiger partial charge in [0.2, 0.25) is 11.8 Å². The first kappa shape index (κ1) is 15.1. The SMILES string of the molecule is CC(=O)C1=NN(c2ccc(Cl)cc2)C2=Nc3cccc4cccc(c34)N12. The number of carbonyl (C=O) groups excluding carboxylic acids is 1. The number of hydrogen-bond donors (Lipinski definition) is 0. The summed E-state index contributed by atoms with van der Waals surface area (Å²) in [6, 6.07) is 19.3. The van der Waals surface area contributed by atoms with Crippen LogP contribution in [0, 0.1) is 0 Å². The van der Waals surface area contributed by atoms with E-state index in [1.54, 1.807) is 17.1 Å². The number of nitrogens with zero attached hydrogens (tertiary/aromatic N) is 4. The number of rotatable bonds is 2. The fourth-order valence-electron chi connectivity index (χ4n) is 3.37. The summed E-state index contributed by atoms with van der Waals surface area (Å²) in [5.41, 5.74) is 2.57. The van der Waals surface area contributed by atoms with E-state index in [-0.39, 0.29) is 5.78 Å². The number of hydrazone groups is 1. The molecule has 0 aromatic heterocycles. The fourth-order valence-corrected chi connectivity index (χ4v) is 3.49. The lowest BCUT2D eigenvalue weighted by atomic mass is 10.0. The van der Waals surface area contributed by atoms with E-state index in [2.05, 4.69) is 5.10 Å². The zero-order valence-corrected chi connectivity index (χ0v) is 14.6. The molecule has 0 fully saturated rings. The molecule has 2 aliphatic heterocycles. The lowest BCUT2D eigenvalue weighted by Gasteiger charge is -2.27. The third-order valence-corrected chi connectivity index (χ3v) is 4.76. The van der Waals surface area contributed by atoms with Gasteiger partial charge in [-0.1, -0.05) is 35.9 Å². The molecule has 3 aromatic rings. The number of benzene rings is 3. The van der Waals surface area contributed by atoms with E-state index in [0.717, 1.165) is 27.8 Å². The highest BCUT2D eigenvalue weighted by Gasteiger charge is 2.38. The molecular weight excluding hydrogens is 348 g/mol. The van der Waals surface area contributed by atoms with E-state index in [9.17, 15) is 4.79 Å². The van der Waals surface area contributed by atoms with Crippen LogP contribution in [0.25, 0.3) is 10.8 Å². The quantitative estimate of drug-likeness (QED) is 0.664. The van der Waals surface area contributed by atoms with Crippen molar-refractivity contribution >= 4 is 57.0 Å². The van der Waals surface area contributed by atoms with Gasteiger partial charge in [0.25, 0.3) is 0 Å². The molecule has 0 atom stereocenters. The second-order valence-electron chi connectivity index (χ2n) is 6.17. The minimum absolute atomic E-state index is 0.120. The predicted molar refractivity (Wildman–Crippen MR) is 106 cm³/mol. The zero-order valence-electron chi connectivity index (χ0n) is 13.8. The molecule has 0 saturated carbocycles. The Kier molecular flexibility index (Phi) is 3.14. The normalized spacial score (nSPS) is 15.0. The molecule has 0 bridgehead atoms. The molecule has 5 nitrogen and oxygen atoms in total. The molecule has 5 rings (SSSR count). The van der Waals surface area contributed by atoms with Gasteiger partial charge in [0.05, 0.1) is 17.1 Å². The highest BCUT2D eigenvalue weighted by molar-refractivity contribution is 6.52. The Balaban J connectivity index is 1.77. The molecule has 0 radical (unpaired) electrons. The number of fused-ring (bicyclic) bond motifs is 2. The summed E-state index contributed by atoms with van der Waals surface area (Å²) >= 11 is 6.01. The lowest BCUT2D eigenvalue weighted by molar-refractivity contribution is -0.111. The van der Waals surface area contributed by atoms with E-state index in [4.69, 9.17) is 16.6 Å².